The number of unbranched alkanes of at least 4 members (excludes halogenated alkanes) is 1. The lowest BCUT2D eigenvalue weighted by Gasteiger charge is -2.07. The van der Waals surface area contributed by atoms with Crippen LogP contribution in [0.25, 0.3) is 0 Å². The molecule has 0 spiro atoms. The van der Waals surface area contributed by atoms with Gasteiger partial charge < -0.3 is 0 Å². The zero-order valence-corrected chi connectivity index (χ0v) is 11.5. The van der Waals surface area contributed by atoms with E-state index in [1.165, 1.54) is 18.2 Å². The van der Waals surface area contributed by atoms with Crippen LogP contribution in [0.5, 0.6) is 0 Å². The molecule has 1 aromatic rings. The van der Waals surface area contributed by atoms with Crippen molar-refractivity contribution in [2.45, 2.75) is 31.1 Å². The van der Waals surface area contributed by atoms with Crippen LogP contribution in [0.4, 0.5) is 5.69 Å². The molecule has 0 radical (unpaired) electrons. The van der Waals surface area contributed by atoms with E-state index < -0.39 is 14.9 Å². The first-order valence-corrected chi connectivity index (χ1v) is 6.71. The molecule has 8 heteroatoms. The van der Waals surface area contributed by atoms with E-state index >= 15 is 0 Å². The number of benzene rings is 1. The highest BCUT2D eigenvalue weighted by atomic mass is 35.5. The SMILES string of the molecule is CCCCc1c([N+](=O)[O-])cccc1S(N)(=O)=O.Cl. The van der Waals surface area contributed by atoms with Crippen LogP contribution in [0, 0.1) is 10.1 Å². The molecule has 102 valence electrons. The van der Waals surface area contributed by atoms with Gasteiger partial charge in [-0.3, -0.25) is 10.1 Å². The topological polar surface area (TPSA) is 103 Å². The quantitative estimate of drug-likeness (QED) is 0.662. The second-order valence-corrected chi connectivity index (χ2v) is 5.19. The van der Waals surface area contributed by atoms with Crippen LogP contribution in [0.2, 0.25) is 0 Å². The molecule has 0 saturated heterocycles. The predicted octanol–water partition coefficient (Wildman–Crippen LogP) is 2.01. The summed E-state index contributed by atoms with van der Waals surface area (Å²) in [6.45, 7) is 1.92. The first-order valence-electron chi connectivity index (χ1n) is 5.17. The standard InChI is InChI=1S/C10H14N2O4S.ClH/c1-2-3-5-8-9(12(13)14)6-4-7-10(8)17(11,15)16;/h4,6-7H,2-3,5H2,1H3,(H2,11,15,16);1H. The van der Waals surface area contributed by atoms with Crippen molar-refractivity contribution < 1.29 is 13.3 Å². The molecule has 0 atom stereocenters. The van der Waals surface area contributed by atoms with Gasteiger partial charge in [-0.1, -0.05) is 19.4 Å². The number of hydrogen-bond acceptors (Lipinski definition) is 4. The fraction of sp³-hybridized carbons (Fsp3) is 0.400. The number of hydrogen-bond donors (Lipinski definition) is 1. The molecule has 6 nitrogen and oxygen atoms in total. The maximum atomic E-state index is 11.3. The van der Waals surface area contributed by atoms with Crippen LogP contribution in [0.15, 0.2) is 23.1 Å². The Labute approximate surface area is 112 Å². The third kappa shape index (κ3) is 3.94. The number of halogens is 1. The van der Waals surface area contributed by atoms with Crippen molar-refractivity contribution in [1.29, 1.82) is 0 Å². The van der Waals surface area contributed by atoms with Gasteiger partial charge in [0, 0.05) is 11.6 Å². The molecule has 0 aliphatic carbocycles. The normalized spacial score (nSPS) is 10.8. The predicted molar refractivity (Wildman–Crippen MR) is 70.3 cm³/mol. The van der Waals surface area contributed by atoms with E-state index in [0.717, 1.165) is 6.42 Å². The van der Waals surface area contributed by atoms with Crippen LogP contribution in [0.1, 0.15) is 25.3 Å². The maximum Gasteiger partial charge on any atom is 0.273 e. The number of primary sulfonamides is 1. The van der Waals surface area contributed by atoms with E-state index in [4.69, 9.17) is 5.14 Å². The number of nitrogens with zero attached hydrogens (tertiary/aromatic N) is 1. The molecule has 1 aromatic carbocycles. The average molecular weight is 295 g/mol. The Balaban J connectivity index is 0.00000289. The highest BCUT2D eigenvalue weighted by Crippen LogP contribution is 2.26. The van der Waals surface area contributed by atoms with Crippen molar-refractivity contribution in [2.24, 2.45) is 5.14 Å². The number of nitro benzene ring substituents is 1. The monoisotopic (exact) mass is 294 g/mol. The molecule has 0 fully saturated rings. The molecule has 0 amide bonds. The van der Waals surface area contributed by atoms with Gasteiger partial charge in [0.2, 0.25) is 10.0 Å². The number of rotatable bonds is 5. The summed E-state index contributed by atoms with van der Waals surface area (Å²) in [7, 11) is -3.92. The lowest BCUT2D eigenvalue weighted by Crippen LogP contribution is -2.15. The van der Waals surface area contributed by atoms with E-state index in [2.05, 4.69) is 0 Å². The Kier molecular flexibility index (Phi) is 6.23. The molecule has 1 rings (SSSR count). The molecule has 0 aliphatic heterocycles. The van der Waals surface area contributed by atoms with Crippen molar-refractivity contribution in [2.75, 3.05) is 0 Å². The van der Waals surface area contributed by atoms with Crippen molar-refractivity contribution in [1.82, 2.24) is 0 Å². The number of nitro groups is 1. The minimum Gasteiger partial charge on any atom is -0.258 e. The zero-order chi connectivity index (χ0) is 13.1. The molecular weight excluding hydrogens is 280 g/mol. The highest BCUT2D eigenvalue weighted by molar-refractivity contribution is 7.89. The molecule has 0 bridgehead atoms. The number of nitrogens with two attached hydrogens (primary N) is 1. The Bertz CT molecular complexity index is 531. The van der Waals surface area contributed by atoms with Gasteiger partial charge in [-0.05, 0) is 18.9 Å². The Hall–Kier alpha value is -1.18. The summed E-state index contributed by atoms with van der Waals surface area (Å²) in [5.41, 5.74) is 0.00632. The van der Waals surface area contributed by atoms with Crippen molar-refractivity contribution >= 4 is 28.1 Å². The molecular formula is C10H15ClN2O4S. The summed E-state index contributed by atoms with van der Waals surface area (Å²) in [4.78, 5) is 10.1. The molecule has 0 aromatic heterocycles. The minimum absolute atomic E-state index is 0. The first kappa shape index (κ1) is 16.8. The van der Waals surface area contributed by atoms with E-state index in [9.17, 15) is 18.5 Å². The third-order valence-corrected chi connectivity index (χ3v) is 3.39. The molecule has 0 heterocycles. The van der Waals surface area contributed by atoms with Gasteiger partial charge in [0.25, 0.3) is 5.69 Å². The maximum absolute atomic E-state index is 11.3. The van der Waals surface area contributed by atoms with Crippen LogP contribution in [-0.4, -0.2) is 13.3 Å². The van der Waals surface area contributed by atoms with Gasteiger partial charge in [-0.2, -0.15) is 0 Å². The third-order valence-electron chi connectivity index (χ3n) is 2.39. The summed E-state index contributed by atoms with van der Waals surface area (Å²) in [6.07, 6.45) is 1.82. The van der Waals surface area contributed by atoms with Crippen LogP contribution in [-0.2, 0) is 16.4 Å². The van der Waals surface area contributed by atoms with Gasteiger partial charge >= 0.3 is 0 Å². The molecule has 0 unspecified atom stereocenters. The second kappa shape index (κ2) is 6.67. The van der Waals surface area contributed by atoms with Crippen molar-refractivity contribution in [3.05, 3.63) is 33.9 Å². The summed E-state index contributed by atoms with van der Waals surface area (Å²) >= 11 is 0. The van der Waals surface area contributed by atoms with Gasteiger partial charge in [0.1, 0.15) is 0 Å². The van der Waals surface area contributed by atoms with Crippen molar-refractivity contribution in [3.8, 4) is 0 Å². The fourth-order valence-corrected chi connectivity index (χ4v) is 2.41. The summed E-state index contributed by atoms with van der Waals surface area (Å²) < 4.78 is 22.7. The molecule has 0 aliphatic rings. The average Bonchev–Trinajstić information content (AvgIpc) is 2.24. The van der Waals surface area contributed by atoms with Gasteiger partial charge in [-0.15, -0.1) is 12.4 Å². The molecule has 18 heavy (non-hydrogen) atoms. The Morgan fingerprint density at radius 3 is 2.44 bits per heavy atom. The van der Waals surface area contributed by atoms with E-state index in [1.54, 1.807) is 0 Å². The minimum atomic E-state index is -3.92. The van der Waals surface area contributed by atoms with Crippen molar-refractivity contribution in [3.63, 3.8) is 0 Å². The lowest BCUT2D eigenvalue weighted by molar-refractivity contribution is -0.385. The summed E-state index contributed by atoms with van der Waals surface area (Å²) in [5, 5.41) is 15.9. The smallest absolute Gasteiger partial charge is 0.258 e. The highest BCUT2D eigenvalue weighted by Gasteiger charge is 2.22. The molecule has 2 N–H and O–H groups in total. The van der Waals surface area contributed by atoms with E-state index in [0.29, 0.717) is 12.8 Å². The Morgan fingerprint density at radius 2 is 2.00 bits per heavy atom. The fourth-order valence-electron chi connectivity index (χ4n) is 1.60. The van der Waals surface area contributed by atoms with Gasteiger partial charge in [-0.25, -0.2) is 13.6 Å². The molecule has 0 saturated carbocycles. The van der Waals surface area contributed by atoms with E-state index in [1.807, 2.05) is 6.92 Å². The Morgan fingerprint density at radius 1 is 1.39 bits per heavy atom. The summed E-state index contributed by atoms with van der Waals surface area (Å²) in [5.74, 6) is 0. The zero-order valence-electron chi connectivity index (χ0n) is 9.83. The summed E-state index contributed by atoms with van der Waals surface area (Å²) in [6, 6.07) is 3.92. The first-order chi connectivity index (χ1) is 7.88. The van der Waals surface area contributed by atoms with Crippen LogP contribution in [0.3, 0.4) is 0 Å². The van der Waals surface area contributed by atoms with Crippen LogP contribution < -0.4 is 5.14 Å². The number of sulfonamides is 1. The van der Waals surface area contributed by atoms with E-state index in [-0.39, 0.29) is 28.6 Å². The van der Waals surface area contributed by atoms with Gasteiger partial charge in [0.15, 0.2) is 0 Å². The van der Waals surface area contributed by atoms with Gasteiger partial charge in [0.05, 0.1) is 9.82 Å². The van der Waals surface area contributed by atoms with Crippen LogP contribution >= 0.6 is 12.4 Å². The second-order valence-electron chi connectivity index (χ2n) is 3.66. The lowest BCUT2D eigenvalue weighted by atomic mass is 10.1. The largest absolute Gasteiger partial charge is 0.273 e.